The maximum atomic E-state index is 11.1. The van der Waals surface area contributed by atoms with Gasteiger partial charge in [0.25, 0.3) is 0 Å². The van der Waals surface area contributed by atoms with Crippen LogP contribution in [0.4, 0.5) is 0 Å². The van der Waals surface area contributed by atoms with E-state index in [0.29, 0.717) is 17.9 Å². The Bertz CT molecular complexity index is 973. The Morgan fingerprint density at radius 2 is 1.93 bits per heavy atom. The largest absolute Gasteiger partial charge is 0.550 e. The number of fused-ring (bicyclic) bond motifs is 1. The number of piperidine rings is 1. The molecule has 0 aliphatic carbocycles. The van der Waals surface area contributed by atoms with Crippen LogP contribution in [0.2, 0.25) is 5.02 Å². The fourth-order valence-electron chi connectivity index (χ4n) is 3.88. The third-order valence-electron chi connectivity index (χ3n) is 5.43. The lowest BCUT2D eigenvalue weighted by atomic mass is 9.97. The predicted octanol–water partition coefficient (Wildman–Crippen LogP) is 1.51. The lowest BCUT2D eigenvalue weighted by Gasteiger charge is -2.29. The third kappa shape index (κ3) is 3.70. The summed E-state index contributed by atoms with van der Waals surface area (Å²) in [6.07, 6.45) is 3.46. The number of likely N-dealkylation sites (tertiary alicyclic amines) is 1. The minimum Gasteiger partial charge on any atom is -0.550 e. The van der Waals surface area contributed by atoms with Crippen LogP contribution in [0.3, 0.4) is 0 Å². The molecular formula is C21H22ClN3O2. The van der Waals surface area contributed by atoms with Gasteiger partial charge in [-0.2, -0.15) is 0 Å². The predicted molar refractivity (Wildman–Crippen MR) is 103 cm³/mol. The van der Waals surface area contributed by atoms with Crippen LogP contribution in [0.15, 0.2) is 42.6 Å². The lowest BCUT2D eigenvalue weighted by Crippen LogP contribution is -3.12. The summed E-state index contributed by atoms with van der Waals surface area (Å²) in [5.41, 5.74) is 5.25. The number of hydrogen-bond acceptors (Lipinski definition) is 3. The van der Waals surface area contributed by atoms with Gasteiger partial charge in [-0.05, 0) is 30.7 Å². The first-order chi connectivity index (χ1) is 13.0. The zero-order valence-corrected chi connectivity index (χ0v) is 16.0. The third-order valence-corrected chi connectivity index (χ3v) is 5.68. The summed E-state index contributed by atoms with van der Waals surface area (Å²) < 4.78 is 2.16. The van der Waals surface area contributed by atoms with Gasteiger partial charge in [0, 0.05) is 41.5 Å². The van der Waals surface area contributed by atoms with Crippen molar-refractivity contribution in [1.82, 2.24) is 9.38 Å². The smallest absolute Gasteiger partial charge is 0.137 e. The normalized spacial score (nSPS) is 20.1. The highest BCUT2D eigenvalue weighted by molar-refractivity contribution is 6.30. The molecular weight excluding hydrogens is 362 g/mol. The van der Waals surface area contributed by atoms with Crippen molar-refractivity contribution >= 4 is 23.2 Å². The van der Waals surface area contributed by atoms with Crippen molar-refractivity contribution < 1.29 is 14.8 Å². The average Bonchev–Trinajstić information content (AvgIpc) is 3.00. The summed E-state index contributed by atoms with van der Waals surface area (Å²) in [5.74, 6) is -1.23. The quantitative estimate of drug-likeness (QED) is 0.742. The second-order valence-corrected chi connectivity index (χ2v) is 7.81. The SMILES string of the molecule is Cc1ccc2nc(-c3ccc(Cl)cc3)c(C[NH+]3CCC(C(=O)[O-])CC3)n2c1. The molecule has 1 N–H and O–H groups in total. The summed E-state index contributed by atoms with van der Waals surface area (Å²) >= 11 is 6.05. The number of aliphatic carboxylic acids is 1. The van der Waals surface area contributed by atoms with Crippen LogP contribution in [0.25, 0.3) is 16.9 Å². The summed E-state index contributed by atoms with van der Waals surface area (Å²) in [7, 11) is 0. The first kappa shape index (κ1) is 18.0. The molecule has 0 radical (unpaired) electrons. The van der Waals surface area contributed by atoms with Gasteiger partial charge < -0.3 is 14.8 Å². The number of aromatic nitrogens is 2. The van der Waals surface area contributed by atoms with E-state index >= 15 is 0 Å². The number of carboxylic acids is 1. The molecule has 1 fully saturated rings. The second-order valence-electron chi connectivity index (χ2n) is 7.37. The minimum atomic E-state index is -0.915. The summed E-state index contributed by atoms with van der Waals surface area (Å²) in [6.45, 7) is 4.54. The monoisotopic (exact) mass is 383 g/mol. The van der Waals surface area contributed by atoms with Gasteiger partial charge in [-0.3, -0.25) is 4.40 Å². The average molecular weight is 384 g/mol. The van der Waals surface area contributed by atoms with Gasteiger partial charge in [-0.25, -0.2) is 4.98 Å². The molecule has 0 amide bonds. The number of carbonyl (C=O) groups excluding carboxylic acids is 1. The number of nitrogens with zero attached hydrogens (tertiary/aromatic N) is 2. The van der Waals surface area contributed by atoms with Gasteiger partial charge in [0.15, 0.2) is 0 Å². The molecule has 0 unspecified atom stereocenters. The van der Waals surface area contributed by atoms with Crippen LogP contribution < -0.4 is 10.0 Å². The summed E-state index contributed by atoms with van der Waals surface area (Å²) in [6, 6.07) is 11.9. The first-order valence-electron chi connectivity index (χ1n) is 9.29. The molecule has 5 nitrogen and oxygen atoms in total. The number of quaternary nitrogens is 1. The molecule has 3 aromatic rings. The number of hydrogen-bond donors (Lipinski definition) is 1. The Morgan fingerprint density at radius 1 is 1.22 bits per heavy atom. The molecule has 3 heterocycles. The number of imidazole rings is 1. The Labute approximate surface area is 163 Å². The standard InChI is InChI=1S/C21H22ClN3O2/c1-14-2-7-19-23-20(15-3-5-17(22)6-4-15)18(25(19)12-14)13-24-10-8-16(9-11-24)21(26)27/h2-7,12,16H,8-11,13H2,1H3,(H,26,27). The Kier molecular flexibility index (Phi) is 4.89. The van der Waals surface area contributed by atoms with Crippen LogP contribution in [0.1, 0.15) is 24.1 Å². The molecule has 1 aliphatic heterocycles. The van der Waals surface area contributed by atoms with Crippen LogP contribution in [-0.2, 0) is 11.3 Å². The molecule has 0 bridgehead atoms. The van der Waals surface area contributed by atoms with Gasteiger partial charge in [0.1, 0.15) is 17.9 Å². The maximum Gasteiger partial charge on any atom is 0.137 e. The number of halogens is 1. The number of benzene rings is 1. The Morgan fingerprint density at radius 3 is 2.59 bits per heavy atom. The summed E-state index contributed by atoms with van der Waals surface area (Å²) in [5, 5.41) is 11.8. The highest BCUT2D eigenvalue weighted by Crippen LogP contribution is 2.26. The zero-order chi connectivity index (χ0) is 19.0. The van der Waals surface area contributed by atoms with E-state index in [1.165, 1.54) is 10.5 Å². The zero-order valence-electron chi connectivity index (χ0n) is 15.2. The molecule has 0 spiro atoms. The number of aryl methyl sites for hydroxylation is 1. The fourth-order valence-corrected chi connectivity index (χ4v) is 4.01. The number of carboxylic acid groups (broad SMARTS) is 1. The van der Waals surface area contributed by atoms with Gasteiger partial charge >= 0.3 is 0 Å². The topological polar surface area (TPSA) is 61.9 Å². The van der Waals surface area contributed by atoms with Crippen molar-refractivity contribution in [3.05, 3.63) is 58.9 Å². The molecule has 4 rings (SSSR count). The van der Waals surface area contributed by atoms with Crippen molar-refractivity contribution in [3.63, 3.8) is 0 Å². The van der Waals surface area contributed by atoms with E-state index in [-0.39, 0.29) is 5.92 Å². The maximum absolute atomic E-state index is 11.1. The highest BCUT2D eigenvalue weighted by Gasteiger charge is 2.25. The van der Waals surface area contributed by atoms with E-state index in [1.54, 1.807) is 0 Å². The molecule has 1 saturated heterocycles. The van der Waals surface area contributed by atoms with Crippen molar-refractivity contribution in [1.29, 1.82) is 0 Å². The fraction of sp³-hybridized carbons (Fsp3) is 0.333. The molecule has 0 atom stereocenters. The van der Waals surface area contributed by atoms with Crippen LogP contribution in [0.5, 0.6) is 0 Å². The van der Waals surface area contributed by atoms with Crippen LogP contribution in [0, 0.1) is 12.8 Å². The van der Waals surface area contributed by atoms with Gasteiger partial charge in [-0.15, -0.1) is 0 Å². The van der Waals surface area contributed by atoms with Crippen LogP contribution >= 0.6 is 11.6 Å². The number of nitrogens with one attached hydrogen (secondary N) is 1. The van der Waals surface area contributed by atoms with Crippen molar-refractivity contribution in [2.75, 3.05) is 13.1 Å². The Balaban J connectivity index is 1.69. The van der Waals surface area contributed by atoms with Gasteiger partial charge in [0.05, 0.1) is 18.8 Å². The number of carbonyl (C=O) groups is 1. The van der Waals surface area contributed by atoms with E-state index in [9.17, 15) is 9.90 Å². The molecule has 0 saturated carbocycles. The lowest BCUT2D eigenvalue weighted by molar-refractivity contribution is -0.919. The molecule has 1 aliphatic rings. The molecule has 27 heavy (non-hydrogen) atoms. The molecule has 1 aromatic carbocycles. The highest BCUT2D eigenvalue weighted by atomic mass is 35.5. The number of rotatable bonds is 4. The molecule has 140 valence electrons. The van der Waals surface area contributed by atoms with E-state index < -0.39 is 5.97 Å². The van der Waals surface area contributed by atoms with Gasteiger partial charge in [-0.1, -0.05) is 29.8 Å². The summed E-state index contributed by atoms with van der Waals surface area (Å²) in [4.78, 5) is 17.4. The van der Waals surface area contributed by atoms with E-state index in [4.69, 9.17) is 16.6 Å². The molecule has 2 aromatic heterocycles. The van der Waals surface area contributed by atoms with E-state index in [0.717, 1.165) is 42.2 Å². The van der Waals surface area contributed by atoms with Crippen molar-refractivity contribution in [2.45, 2.75) is 26.3 Å². The Hall–Kier alpha value is -2.37. The van der Waals surface area contributed by atoms with Gasteiger partial charge in [0.2, 0.25) is 0 Å². The van der Waals surface area contributed by atoms with Crippen LogP contribution in [-0.4, -0.2) is 28.4 Å². The molecule has 6 heteroatoms. The minimum absolute atomic E-state index is 0.311. The van der Waals surface area contributed by atoms with E-state index in [2.05, 4.69) is 23.6 Å². The van der Waals surface area contributed by atoms with Crippen molar-refractivity contribution in [2.24, 2.45) is 5.92 Å². The van der Waals surface area contributed by atoms with E-state index in [1.807, 2.05) is 30.3 Å². The second kappa shape index (κ2) is 7.33. The van der Waals surface area contributed by atoms with Crippen molar-refractivity contribution in [3.8, 4) is 11.3 Å². The number of pyridine rings is 1. The first-order valence-corrected chi connectivity index (χ1v) is 9.67.